The van der Waals surface area contributed by atoms with Crippen LogP contribution >= 0.6 is 0 Å². The van der Waals surface area contributed by atoms with E-state index in [1.807, 2.05) is 25.7 Å². The minimum absolute atomic E-state index is 0.124. The van der Waals surface area contributed by atoms with Crippen LogP contribution in [0.4, 0.5) is 0 Å². The molecule has 4 heteroatoms. The molecule has 1 aromatic rings. The molecule has 0 saturated heterocycles. The van der Waals surface area contributed by atoms with Crippen molar-refractivity contribution in [2.45, 2.75) is 40.7 Å². The van der Waals surface area contributed by atoms with E-state index in [1.165, 1.54) is 0 Å². The second-order valence-corrected chi connectivity index (χ2v) is 3.57. The molecule has 0 aliphatic carbocycles. The Morgan fingerprint density at radius 3 is 2.69 bits per heavy atom. The van der Waals surface area contributed by atoms with Gasteiger partial charge in [0, 0.05) is 37.7 Å². The lowest BCUT2D eigenvalue weighted by Gasteiger charge is -2.27. The van der Waals surface area contributed by atoms with Gasteiger partial charge in [0.15, 0.2) is 0 Å². The summed E-state index contributed by atoms with van der Waals surface area (Å²) in [6.07, 6.45) is 2.44. The minimum Gasteiger partial charge on any atom is -0.338 e. The van der Waals surface area contributed by atoms with E-state index in [0.29, 0.717) is 6.54 Å². The van der Waals surface area contributed by atoms with E-state index in [9.17, 15) is 4.79 Å². The van der Waals surface area contributed by atoms with Gasteiger partial charge in [0.2, 0.25) is 5.91 Å². The zero-order valence-electron chi connectivity index (χ0n) is 10.4. The Morgan fingerprint density at radius 1 is 1.38 bits per heavy atom. The third-order valence-electron chi connectivity index (χ3n) is 2.66. The first-order valence-electron chi connectivity index (χ1n) is 5.73. The summed E-state index contributed by atoms with van der Waals surface area (Å²) in [5.74, 6) is 0.124. The molecule has 4 nitrogen and oxygen atoms in total. The number of carbonyl (C=O) groups excluding carboxylic acids is 1. The monoisotopic (exact) mass is 221 g/mol. The predicted molar refractivity (Wildman–Crippen MR) is 62.9 cm³/mol. The second kappa shape index (κ2) is 5.58. The van der Waals surface area contributed by atoms with Crippen molar-refractivity contribution in [2.24, 2.45) is 0 Å². The third kappa shape index (κ3) is 2.56. The average Bonchev–Trinajstić information content (AvgIpc) is 2.32. The molecule has 88 valence electrons. The van der Waals surface area contributed by atoms with Crippen molar-refractivity contribution in [2.75, 3.05) is 6.54 Å². The van der Waals surface area contributed by atoms with E-state index in [2.05, 4.69) is 9.97 Å². The van der Waals surface area contributed by atoms with E-state index in [1.54, 1.807) is 13.3 Å². The predicted octanol–water partition coefficient (Wildman–Crippen LogP) is 1.72. The Bertz CT molecular complexity index is 377. The van der Waals surface area contributed by atoms with Gasteiger partial charge in [0.1, 0.15) is 6.33 Å². The number of rotatable bonds is 0. The average molecular weight is 221 g/mol. The number of aromatic nitrogens is 2. The minimum atomic E-state index is 0.124. The number of fused-ring (bicyclic) bond motifs is 1. The Labute approximate surface area is 96.7 Å². The standard InChI is InChI=1S/C10H13N3O.C2H6/c1-7-9-5-13(8(2)14)4-3-10(9)12-6-11-7;1-2/h6H,3-5H2,1-2H3;1-2H3. The topological polar surface area (TPSA) is 46.1 Å². The molecule has 2 heterocycles. The van der Waals surface area contributed by atoms with E-state index < -0.39 is 0 Å². The summed E-state index contributed by atoms with van der Waals surface area (Å²) >= 11 is 0. The van der Waals surface area contributed by atoms with Crippen LogP contribution < -0.4 is 0 Å². The molecule has 16 heavy (non-hydrogen) atoms. The summed E-state index contributed by atoms with van der Waals surface area (Å²) < 4.78 is 0. The number of carbonyl (C=O) groups is 1. The van der Waals surface area contributed by atoms with Gasteiger partial charge in [-0.1, -0.05) is 13.8 Å². The fourth-order valence-electron chi connectivity index (χ4n) is 1.75. The zero-order chi connectivity index (χ0) is 12.1. The SMILES string of the molecule is CC.CC(=O)N1CCc2ncnc(C)c2C1. The number of hydrogen-bond acceptors (Lipinski definition) is 3. The summed E-state index contributed by atoms with van der Waals surface area (Å²) in [4.78, 5) is 21.4. The first kappa shape index (κ1) is 12.6. The molecule has 0 bridgehead atoms. The van der Waals surface area contributed by atoms with Crippen LogP contribution in [0.25, 0.3) is 0 Å². The second-order valence-electron chi connectivity index (χ2n) is 3.57. The molecule has 0 radical (unpaired) electrons. The fourth-order valence-corrected chi connectivity index (χ4v) is 1.75. The molecule has 0 atom stereocenters. The number of amides is 1. The lowest BCUT2D eigenvalue weighted by Crippen LogP contribution is -2.35. The van der Waals surface area contributed by atoms with Crippen molar-refractivity contribution in [3.05, 3.63) is 23.3 Å². The van der Waals surface area contributed by atoms with Crippen molar-refractivity contribution in [3.8, 4) is 0 Å². The summed E-state index contributed by atoms with van der Waals surface area (Å²) in [5.41, 5.74) is 3.20. The number of hydrogen-bond donors (Lipinski definition) is 0. The zero-order valence-corrected chi connectivity index (χ0v) is 10.4. The van der Waals surface area contributed by atoms with E-state index in [4.69, 9.17) is 0 Å². The molecule has 0 fully saturated rings. The lowest BCUT2D eigenvalue weighted by molar-refractivity contribution is -0.129. The van der Waals surface area contributed by atoms with Crippen molar-refractivity contribution in [3.63, 3.8) is 0 Å². The quantitative estimate of drug-likeness (QED) is 0.670. The Kier molecular flexibility index (Phi) is 4.40. The molecule has 0 spiro atoms. The van der Waals surface area contributed by atoms with Gasteiger partial charge in [-0.05, 0) is 6.92 Å². The number of aryl methyl sites for hydroxylation is 1. The van der Waals surface area contributed by atoms with Gasteiger partial charge in [-0.25, -0.2) is 9.97 Å². The van der Waals surface area contributed by atoms with Gasteiger partial charge in [-0.15, -0.1) is 0 Å². The smallest absolute Gasteiger partial charge is 0.219 e. The summed E-state index contributed by atoms with van der Waals surface area (Å²) in [7, 11) is 0. The Balaban J connectivity index is 0.000000606. The number of nitrogens with zero attached hydrogens (tertiary/aromatic N) is 3. The largest absolute Gasteiger partial charge is 0.338 e. The Hall–Kier alpha value is -1.45. The molecule has 0 unspecified atom stereocenters. The van der Waals surface area contributed by atoms with Crippen LogP contribution in [0.5, 0.6) is 0 Å². The highest BCUT2D eigenvalue weighted by atomic mass is 16.2. The molecule has 0 aromatic carbocycles. The molecular formula is C12H19N3O. The van der Waals surface area contributed by atoms with Gasteiger partial charge in [0.25, 0.3) is 0 Å². The highest BCUT2D eigenvalue weighted by Gasteiger charge is 2.20. The van der Waals surface area contributed by atoms with Gasteiger partial charge in [-0.3, -0.25) is 4.79 Å². The van der Waals surface area contributed by atoms with Crippen LogP contribution in [-0.4, -0.2) is 27.3 Å². The van der Waals surface area contributed by atoms with Gasteiger partial charge >= 0.3 is 0 Å². The van der Waals surface area contributed by atoms with E-state index in [0.717, 1.165) is 29.9 Å². The maximum Gasteiger partial charge on any atom is 0.219 e. The fraction of sp³-hybridized carbons (Fsp3) is 0.583. The first-order chi connectivity index (χ1) is 7.68. The van der Waals surface area contributed by atoms with E-state index in [-0.39, 0.29) is 5.91 Å². The molecular weight excluding hydrogens is 202 g/mol. The highest BCUT2D eigenvalue weighted by molar-refractivity contribution is 5.73. The van der Waals surface area contributed by atoms with Crippen LogP contribution in [0.15, 0.2) is 6.33 Å². The molecule has 1 amide bonds. The van der Waals surface area contributed by atoms with Gasteiger partial charge in [0.05, 0.1) is 5.69 Å². The summed E-state index contributed by atoms with van der Waals surface area (Å²) in [6, 6.07) is 0. The van der Waals surface area contributed by atoms with Crippen LogP contribution in [0.1, 0.15) is 37.7 Å². The molecule has 0 saturated carbocycles. The van der Waals surface area contributed by atoms with Gasteiger partial charge in [-0.2, -0.15) is 0 Å². The summed E-state index contributed by atoms with van der Waals surface area (Å²) in [6.45, 7) is 9.00. The lowest BCUT2D eigenvalue weighted by atomic mass is 10.0. The van der Waals surface area contributed by atoms with Crippen LogP contribution in [-0.2, 0) is 17.8 Å². The molecule has 0 N–H and O–H groups in total. The third-order valence-corrected chi connectivity index (χ3v) is 2.66. The normalized spacial score (nSPS) is 13.6. The van der Waals surface area contributed by atoms with Crippen molar-refractivity contribution < 1.29 is 4.79 Å². The highest BCUT2D eigenvalue weighted by Crippen LogP contribution is 2.18. The van der Waals surface area contributed by atoms with Crippen LogP contribution in [0, 0.1) is 6.92 Å². The van der Waals surface area contributed by atoms with Gasteiger partial charge < -0.3 is 4.90 Å². The van der Waals surface area contributed by atoms with Crippen molar-refractivity contribution in [1.82, 2.24) is 14.9 Å². The Morgan fingerprint density at radius 2 is 2.06 bits per heavy atom. The molecule has 1 aromatic heterocycles. The first-order valence-corrected chi connectivity index (χ1v) is 5.73. The van der Waals surface area contributed by atoms with E-state index >= 15 is 0 Å². The van der Waals surface area contributed by atoms with Crippen LogP contribution in [0.3, 0.4) is 0 Å². The van der Waals surface area contributed by atoms with Crippen molar-refractivity contribution >= 4 is 5.91 Å². The molecule has 1 aliphatic rings. The van der Waals surface area contributed by atoms with Crippen molar-refractivity contribution in [1.29, 1.82) is 0 Å². The van der Waals surface area contributed by atoms with Crippen LogP contribution in [0.2, 0.25) is 0 Å². The maximum absolute atomic E-state index is 11.2. The molecule has 2 rings (SSSR count). The maximum atomic E-state index is 11.2. The summed E-state index contributed by atoms with van der Waals surface area (Å²) in [5, 5.41) is 0. The molecule has 1 aliphatic heterocycles.